The molecule has 1 aromatic carbocycles. The Balaban J connectivity index is 2.51. The van der Waals surface area contributed by atoms with Gasteiger partial charge < -0.3 is 4.74 Å². The Bertz CT molecular complexity index is 868. The number of benzene rings is 1. The smallest absolute Gasteiger partial charge is 0.355 e. The van der Waals surface area contributed by atoms with Gasteiger partial charge in [-0.05, 0) is 18.2 Å². The van der Waals surface area contributed by atoms with Gasteiger partial charge >= 0.3 is 5.97 Å². The van der Waals surface area contributed by atoms with Crippen molar-refractivity contribution in [3.8, 4) is 0 Å². The summed E-state index contributed by atoms with van der Waals surface area (Å²) in [6.07, 6.45) is 0. The summed E-state index contributed by atoms with van der Waals surface area (Å²) in [5.41, 5.74) is 0.549. The number of esters is 1. The van der Waals surface area contributed by atoms with E-state index in [1.165, 1.54) is 24.5 Å². The highest BCUT2D eigenvalue weighted by atomic mass is 79.9. The van der Waals surface area contributed by atoms with Crippen molar-refractivity contribution < 1.29 is 9.53 Å². The van der Waals surface area contributed by atoms with E-state index in [9.17, 15) is 9.59 Å². The molecule has 0 saturated carbocycles. The first-order valence-corrected chi connectivity index (χ1v) is 6.91. The molecule has 0 radical (unpaired) electrons. The van der Waals surface area contributed by atoms with Crippen molar-refractivity contribution in [2.75, 3.05) is 7.11 Å². The van der Waals surface area contributed by atoms with E-state index in [2.05, 4.69) is 20.9 Å². The number of aromatic nitrogens is 2. The lowest BCUT2D eigenvalue weighted by atomic mass is 10.3. The van der Waals surface area contributed by atoms with Gasteiger partial charge in [0.15, 0.2) is 4.96 Å². The average molecular weight is 339 g/mol. The van der Waals surface area contributed by atoms with E-state index >= 15 is 0 Å². The fraction of sp³-hybridized carbons (Fsp3) is 0.0833. The molecule has 2 aromatic heterocycles. The van der Waals surface area contributed by atoms with Crippen LogP contribution in [-0.2, 0) is 4.74 Å². The number of hydrogen-bond donors (Lipinski definition) is 0. The monoisotopic (exact) mass is 338 g/mol. The van der Waals surface area contributed by atoms with Crippen LogP contribution in [0.4, 0.5) is 0 Å². The largest absolute Gasteiger partial charge is 0.464 e. The highest BCUT2D eigenvalue weighted by Crippen LogP contribution is 2.28. The van der Waals surface area contributed by atoms with Crippen molar-refractivity contribution >= 4 is 48.4 Å². The molecule has 0 fully saturated rings. The number of thiazole rings is 1. The Labute approximate surface area is 119 Å². The normalized spacial score (nSPS) is 11.1. The van der Waals surface area contributed by atoms with E-state index in [1.807, 2.05) is 18.2 Å². The molecule has 7 heteroatoms. The molecule has 0 saturated heterocycles. The zero-order valence-corrected chi connectivity index (χ0v) is 12.1. The second-order valence-electron chi connectivity index (χ2n) is 3.80. The van der Waals surface area contributed by atoms with Crippen LogP contribution in [-0.4, -0.2) is 22.5 Å². The molecule has 0 atom stereocenters. The summed E-state index contributed by atoms with van der Waals surface area (Å²) in [5.74, 6) is -0.558. The minimum absolute atomic E-state index is 0.186. The van der Waals surface area contributed by atoms with Crippen LogP contribution in [0.3, 0.4) is 0 Å². The highest BCUT2D eigenvalue weighted by Gasteiger charge is 2.16. The van der Waals surface area contributed by atoms with Crippen LogP contribution in [0.1, 0.15) is 10.5 Å². The third-order valence-corrected chi connectivity index (χ3v) is 4.15. The summed E-state index contributed by atoms with van der Waals surface area (Å²) in [6, 6.07) is 6.84. The minimum atomic E-state index is -0.558. The number of methoxy groups -OCH3 is 1. The molecule has 96 valence electrons. The molecule has 0 aliphatic heterocycles. The van der Waals surface area contributed by atoms with Crippen molar-refractivity contribution in [3.05, 3.63) is 44.8 Å². The van der Waals surface area contributed by atoms with Gasteiger partial charge in [0.2, 0.25) is 0 Å². The first-order chi connectivity index (χ1) is 9.10. The minimum Gasteiger partial charge on any atom is -0.464 e. The van der Waals surface area contributed by atoms with Gasteiger partial charge in [-0.2, -0.15) is 4.98 Å². The van der Waals surface area contributed by atoms with Crippen molar-refractivity contribution in [2.24, 2.45) is 0 Å². The maximum absolute atomic E-state index is 11.8. The summed E-state index contributed by atoms with van der Waals surface area (Å²) in [5, 5.41) is 0. The topological polar surface area (TPSA) is 60.7 Å². The van der Waals surface area contributed by atoms with Crippen LogP contribution in [0.2, 0.25) is 0 Å². The first-order valence-electron chi connectivity index (χ1n) is 5.30. The first kappa shape index (κ1) is 12.3. The molecule has 5 nitrogen and oxygen atoms in total. The lowest BCUT2D eigenvalue weighted by molar-refractivity contribution is 0.0592. The summed E-state index contributed by atoms with van der Waals surface area (Å²) < 4.78 is 8.20. The van der Waals surface area contributed by atoms with Crippen LogP contribution < -0.4 is 5.56 Å². The van der Waals surface area contributed by atoms with E-state index in [4.69, 9.17) is 4.74 Å². The molecule has 0 aliphatic rings. The average Bonchev–Trinajstić information content (AvgIpc) is 2.73. The fourth-order valence-corrected chi connectivity index (χ4v) is 3.45. The Morgan fingerprint density at radius 2 is 2.21 bits per heavy atom. The van der Waals surface area contributed by atoms with Crippen molar-refractivity contribution in [3.63, 3.8) is 0 Å². The standard InChI is InChI=1S/C12H7BrN2O3S/c1-18-11(17)8-5-10(16)14-12-15(8)7-3-2-6(13)4-9(7)19-12/h2-5H,1H3. The number of nitrogens with zero attached hydrogens (tertiary/aromatic N) is 2. The molecule has 0 amide bonds. The van der Waals surface area contributed by atoms with Crippen LogP contribution in [0, 0.1) is 0 Å². The van der Waals surface area contributed by atoms with Gasteiger partial charge in [0.25, 0.3) is 5.56 Å². The number of carbonyl (C=O) groups excluding carboxylic acids is 1. The van der Waals surface area contributed by atoms with Crippen LogP contribution >= 0.6 is 27.3 Å². The van der Waals surface area contributed by atoms with E-state index in [-0.39, 0.29) is 5.69 Å². The molecule has 2 heterocycles. The second kappa shape index (κ2) is 4.43. The molecule has 0 bridgehead atoms. The molecular weight excluding hydrogens is 332 g/mol. The van der Waals surface area contributed by atoms with Gasteiger partial charge in [-0.15, -0.1) is 0 Å². The third-order valence-electron chi connectivity index (χ3n) is 2.66. The summed E-state index contributed by atoms with van der Waals surface area (Å²) >= 11 is 4.74. The third kappa shape index (κ3) is 1.95. The van der Waals surface area contributed by atoms with Gasteiger partial charge in [0.1, 0.15) is 5.69 Å². The number of halogens is 1. The Hall–Kier alpha value is -1.73. The molecule has 0 aliphatic carbocycles. The van der Waals surface area contributed by atoms with E-state index < -0.39 is 11.5 Å². The lowest BCUT2D eigenvalue weighted by Crippen LogP contribution is -2.15. The molecule has 19 heavy (non-hydrogen) atoms. The van der Waals surface area contributed by atoms with E-state index in [0.717, 1.165) is 14.7 Å². The predicted octanol–water partition coefficient (Wildman–Crippen LogP) is 2.46. The van der Waals surface area contributed by atoms with Crippen molar-refractivity contribution in [2.45, 2.75) is 0 Å². The molecule has 0 unspecified atom stereocenters. The number of rotatable bonds is 1. The lowest BCUT2D eigenvalue weighted by Gasteiger charge is -2.03. The van der Waals surface area contributed by atoms with Gasteiger partial charge in [-0.3, -0.25) is 9.20 Å². The zero-order valence-electron chi connectivity index (χ0n) is 9.71. The quantitative estimate of drug-likeness (QED) is 0.639. The Morgan fingerprint density at radius 1 is 1.42 bits per heavy atom. The molecule has 0 spiro atoms. The molecular formula is C12H7BrN2O3S. The molecule has 0 N–H and O–H groups in total. The van der Waals surface area contributed by atoms with E-state index in [0.29, 0.717) is 4.96 Å². The number of fused-ring (bicyclic) bond motifs is 3. The fourth-order valence-electron chi connectivity index (χ4n) is 1.87. The van der Waals surface area contributed by atoms with E-state index in [1.54, 1.807) is 4.40 Å². The molecule has 3 aromatic rings. The summed E-state index contributed by atoms with van der Waals surface area (Å²) in [7, 11) is 1.28. The predicted molar refractivity (Wildman–Crippen MR) is 75.9 cm³/mol. The number of carbonyl (C=O) groups is 1. The van der Waals surface area contributed by atoms with Gasteiger partial charge in [0, 0.05) is 10.5 Å². The van der Waals surface area contributed by atoms with Crippen molar-refractivity contribution in [1.29, 1.82) is 0 Å². The summed E-state index contributed by atoms with van der Waals surface area (Å²) in [4.78, 5) is 27.7. The summed E-state index contributed by atoms with van der Waals surface area (Å²) in [6.45, 7) is 0. The highest BCUT2D eigenvalue weighted by molar-refractivity contribution is 9.10. The SMILES string of the molecule is COC(=O)c1cc(=O)nc2sc3cc(Br)ccc3n12. The van der Waals surface area contributed by atoms with Crippen LogP contribution in [0.5, 0.6) is 0 Å². The zero-order chi connectivity index (χ0) is 13.6. The van der Waals surface area contributed by atoms with Gasteiger partial charge in [-0.25, -0.2) is 4.79 Å². The second-order valence-corrected chi connectivity index (χ2v) is 5.73. The van der Waals surface area contributed by atoms with Gasteiger partial charge in [0.05, 0.1) is 17.3 Å². The van der Waals surface area contributed by atoms with Gasteiger partial charge in [-0.1, -0.05) is 27.3 Å². The number of ether oxygens (including phenoxy) is 1. The molecule has 3 rings (SSSR count). The maximum Gasteiger partial charge on any atom is 0.355 e. The maximum atomic E-state index is 11.8. The Kier molecular flexibility index (Phi) is 2.87. The Morgan fingerprint density at radius 3 is 2.95 bits per heavy atom. The van der Waals surface area contributed by atoms with Crippen LogP contribution in [0.15, 0.2) is 33.5 Å². The van der Waals surface area contributed by atoms with Crippen molar-refractivity contribution in [1.82, 2.24) is 9.38 Å². The number of hydrogen-bond acceptors (Lipinski definition) is 5. The van der Waals surface area contributed by atoms with Crippen LogP contribution in [0.25, 0.3) is 15.2 Å².